The van der Waals surface area contributed by atoms with Gasteiger partial charge in [0, 0.05) is 17.6 Å². The van der Waals surface area contributed by atoms with Crippen LogP contribution in [0.1, 0.15) is 5.56 Å². The van der Waals surface area contributed by atoms with Gasteiger partial charge in [0.2, 0.25) is 0 Å². The summed E-state index contributed by atoms with van der Waals surface area (Å²) in [6.07, 6.45) is -3.47. The van der Waals surface area contributed by atoms with E-state index in [1.165, 1.54) is 36.4 Å². The van der Waals surface area contributed by atoms with Gasteiger partial charge in [-0.1, -0.05) is 6.07 Å². The molecule has 1 amide bonds. The van der Waals surface area contributed by atoms with E-state index in [0.717, 1.165) is 18.3 Å². The molecule has 5 nitrogen and oxygen atoms in total. The van der Waals surface area contributed by atoms with Crippen LogP contribution in [0.5, 0.6) is 5.75 Å². The minimum atomic E-state index is -4.49. The lowest BCUT2D eigenvalue weighted by molar-refractivity contribution is -0.137. The molecular formula is C17H12F3N3O2. The van der Waals surface area contributed by atoms with Crippen molar-refractivity contribution in [2.75, 3.05) is 10.6 Å². The highest BCUT2D eigenvalue weighted by Crippen LogP contribution is 2.30. The summed E-state index contributed by atoms with van der Waals surface area (Å²) < 4.78 is 38.0. The van der Waals surface area contributed by atoms with Crippen molar-refractivity contribution in [2.24, 2.45) is 0 Å². The van der Waals surface area contributed by atoms with Crippen molar-refractivity contribution < 1.29 is 23.1 Å². The number of phenolic OH excluding ortho intramolecular Hbond substituents is 1. The molecule has 0 atom stereocenters. The summed E-state index contributed by atoms with van der Waals surface area (Å²) in [6, 6.07) is 11.6. The summed E-state index contributed by atoms with van der Waals surface area (Å²) in [4.78, 5) is 12.0. The number of nitrogens with one attached hydrogen (secondary N) is 2. The second-order valence-electron chi connectivity index (χ2n) is 4.89. The van der Waals surface area contributed by atoms with Gasteiger partial charge < -0.3 is 15.7 Å². The first kappa shape index (κ1) is 17.9. The smallest absolute Gasteiger partial charge is 0.416 e. The third kappa shape index (κ3) is 5.00. The van der Waals surface area contributed by atoms with Gasteiger partial charge in [-0.05, 0) is 42.5 Å². The van der Waals surface area contributed by atoms with E-state index < -0.39 is 17.6 Å². The Labute approximate surface area is 141 Å². The third-order valence-electron chi connectivity index (χ3n) is 3.06. The van der Waals surface area contributed by atoms with Gasteiger partial charge in [0.1, 0.15) is 17.4 Å². The van der Waals surface area contributed by atoms with E-state index >= 15 is 0 Å². The third-order valence-corrected chi connectivity index (χ3v) is 3.06. The van der Waals surface area contributed by atoms with Crippen molar-refractivity contribution in [3.63, 3.8) is 0 Å². The number of benzene rings is 2. The molecule has 0 spiro atoms. The lowest BCUT2D eigenvalue weighted by Crippen LogP contribution is -2.14. The monoisotopic (exact) mass is 347 g/mol. The molecule has 0 aliphatic heterocycles. The predicted molar refractivity (Wildman–Crippen MR) is 85.5 cm³/mol. The molecule has 2 rings (SSSR count). The Hall–Kier alpha value is -3.47. The van der Waals surface area contributed by atoms with Crippen molar-refractivity contribution in [2.45, 2.75) is 6.18 Å². The summed E-state index contributed by atoms with van der Waals surface area (Å²) in [7, 11) is 0. The van der Waals surface area contributed by atoms with Crippen LogP contribution < -0.4 is 10.6 Å². The van der Waals surface area contributed by atoms with Gasteiger partial charge in [-0.2, -0.15) is 18.4 Å². The van der Waals surface area contributed by atoms with Crippen LogP contribution in [0.3, 0.4) is 0 Å². The van der Waals surface area contributed by atoms with Crippen LogP contribution in [0.25, 0.3) is 0 Å². The van der Waals surface area contributed by atoms with Crippen molar-refractivity contribution in [1.29, 1.82) is 5.26 Å². The molecule has 2 aromatic rings. The average molecular weight is 347 g/mol. The van der Waals surface area contributed by atoms with E-state index in [0.29, 0.717) is 5.69 Å². The number of anilines is 2. The molecule has 128 valence electrons. The lowest BCUT2D eigenvalue weighted by Gasteiger charge is -2.09. The van der Waals surface area contributed by atoms with Crippen LogP contribution in [0.4, 0.5) is 24.5 Å². The van der Waals surface area contributed by atoms with E-state index in [-0.39, 0.29) is 17.0 Å². The summed E-state index contributed by atoms with van der Waals surface area (Å²) in [5, 5.41) is 23.1. The average Bonchev–Trinajstić information content (AvgIpc) is 2.57. The molecule has 0 fully saturated rings. The van der Waals surface area contributed by atoms with E-state index in [4.69, 9.17) is 10.4 Å². The molecule has 0 unspecified atom stereocenters. The van der Waals surface area contributed by atoms with Crippen molar-refractivity contribution in [1.82, 2.24) is 0 Å². The van der Waals surface area contributed by atoms with Gasteiger partial charge in [-0.3, -0.25) is 4.79 Å². The maximum atomic E-state index is 12.7. The fourth-order valence-electron chi connectivity index (χ4n) is 1.83. The highest BCUT2D eigenvalue weighted by molar-refractivity contribution is 6.06. The molecule has 0 radical (unpaired) electrons. The van der Waals surface area contributed by atoms with Crippen LogP contribution >= 0.6 is 0 Å². The Kier molecular flexibility index (Phi) is 5.29. The van der Waals surface area contributed by atoms with Crippen LogP contribution in [0.2, 0.25) is 0 Å². The Morgan fingerprint density at radius 1 is 1.12 bits per heavy atom. The highest BCUT2D eigenvalue weighted by atomic mass is 19.4. The van der Waals surface area contributed by atoms with Gasteiger partial charge in [0.05, 0.1) is 5.56 Å². The van der Waals surface area contributed by atoms with E-state index in [2.05, 4.69) is 10.6 Å². The lowest BCUT2D eigenvalue weighted by atomic mass is 10.2. The molecule has 0 saturated heterocycles. The molecule has 0 aromatic heterocycles. The zero-order valence-electron chi connectivity index (χ0n) is 12.6. The van der Waals surface area contributed by atoms with Crippen LogP contribution in [-0.4, -0.2) is 11.0 Å². The first-order valence-electron chi connectivity index (χ1n) is 6.94. The number of rotatable bonds is 4. The number of carbonyl (C=O) groups is 1. The molecule has 0 aliphatic rings. The number of nitrogens with zero attached hydrogens (tertiary/aromatic N) is 1. The zero-order valence-corrected chi connectivity index (χ0v) is 12.6. The highest BCUT2D eigenvalue weighted by Gasteiger charge is 2.30. The topological polar surface area (TPSA) is 85.2 Å². The Morgan fingerprint density at radius 2 is 1.80 bits per heavy atom. The van der Waals surface area contributed by atoms with Crippen molar-refractivity contribution in [3.8, 4) is 11.8 Å². The Bertz CT molecular complexity index is 837. The second kappa shape index (κ2) is 7.40. The van der Waals surface area contributed by atoms with E-state index in [9.17, 15) is 18.0 Å². The number of carbonyl (C=O) groups excluding carboxylic acids is 1. The fourth-order valence-corrected chi connectivity index (χ4v) is 1.83. The normalized spacial score (nSPS) is 11.5. The summed E-state index contributed by atoms with van der Waals surface area (Å²) in [6.45, 7) is 0. The number of hydrogen-bond donors (Lipinski definition) is 3. The molecule has 0 bridgehead atoms. The van der Waals surface area contributed by atoms with Gasteiger partial charge in [-0.25, -0.2) is 0 Å². The van der Waals surface area contributed by atoms with Gasteiger partial charge in [0.25, 0.3) is 5.91 Å². The van der Waals surface area contributed by atoms with Crippen molar-refractivity contribution in [3.05, 3.63) is 65.9 Å². The van der Waals surface area contributed by atoms with Gasteiger partial charge >= 0.3 is 6.18 Å². The number of aromatic hydroxyl groups is 1. The molecular weight excluding hydrogens is 335 g/mol. The summed E-state index contributed by atoms with van der Waals surface area (Å²) in [5.74, 6) is -0.729. The Morgan fingerprint density at radius 3 is 2.40 bits per heavy atom. The minimum absolute atomic E-state index is 0.0141. The summed E-state index contributed by atoms with van der Waals surface area (Å²) >= 11 is 0. The zero-order chi connectivity index (χ0) is 18.4. The number of hydrogen-bond acceptors (Lipinski definition) is 4. The van der Waals surface area contributed by atoms with Crippen LogP contribution in [-0.2, 0) is 11.0 Å². The number of nitriles is 1. The van der Waals surface area contributed by atoms with Gasteiger partial charge in [0.15, 0.2) is 0 Å². The number of halogens is 3. The number of alkyl halides is 3. The first-order valence-corrected chi connectivity index (χ1v) is 6.94. The largest absolute Gasteiger partial charge is 0.508 e. The summed E-state index contributed by atoms with van der Waals surface area (Å²) in [5.41, 5.74) is -0.744. The maximum absolute atomic E-state index is 12.7. The molecule has 8 heteroatoms. The van der Waals surface area contributed by atoms with Crippen LogP contribution in [0, 0.1) is 11.3 Å². The quantitative estimate of drug-likeness (QED) is 0.445. The Balaban J connectivity index is 2.11. The molecule has 0 saturated carbocycles. The maximum Gasteiger partial charge on any atom is 0.416 e. The number of phenols is 1. The van der Waals surface area contributed by atoms with E-state index in [1.807, 2.05) is 0 Å². The SMILES string of the molecule is N#C/C(=C/Nc1cccc(C(F)(F)F)c1)C(=O)Nc1ccc(O)cc1. The second-order valence-corrected chi connectivity index (χ2v) is 4.89. The number of amides is 1. The standard InChI is InChI=1S/C17H12F3N3O2/c18-17(19,20)12-2-1-3-14(8-12)22-10-11(9-21)16(25)23-13-4-6-15(24)7-5-13/h1-8,10,22,24H,(H,23,25)/b11-10-. The van der Waals surface area contributed by atoms with Crippen LogP contribution in [0.15, 0.2) is 60.3 Å². The molecule has 0 heterocycles. The minimum Gasteiger partial charge on any atom is -0.508 e. The van der Waals surface area contributed by atoms with Crippen molar-refractivity contribution >= 4 is 17.3 Å². The molecule has 25 heavy (non-hydrogen) atoms. The molecule has 0 aliphatic carbocycles. The fraction of sp³-hybridized carbons (Fsp3) is 0.0588. The van der Waals surface area contributed by atoms with Gasteiger partial charge in [-0.15, -0.1) is 0 Å². The predicted octanol–water partition coefficient (Wildman–Crippen LogP) is 3.87. The molecule has 2 aromatic carbocycles. The first-order chi connectivity index (χ1) is 11.8. The molecule has 3 N–H and O–H groups in total. The van der Waals surface area contributed by atoms with E-state index in [1.54, 1.807) is 6.07 Å².